The second-order valence-corrected chi connectivity index (χ2v) is 15.9. The van der Waals surface area contributed by atoms with Crippen molar-refractivity contribution in [3.8, 4) is 22.3 Å². The minimum Gasteiger partial charge on any atom is -0.310 e. The van der Waals surface area contributed by atoms with E-state index < -0.39 is 11.5 Å². The summed E-state index contributed by atoms with van der Waals surface area (Å²) in [5.74, 6) is 0. The van der Waals surface area contributed by atoms with E-state index in [1.54, 1.807) is 11.3 Å². The Bertz CT molecular complexity index is 3410. The van der Waals surface area contributed by atoms with Crippen molar-refractivity contribution >= 4 is 65.6 Å². The van der Waals surface area contributed by atoms with Crippen LogP contribution < -0.4 is 9.80 Å². The Morgan fingerprint density at radius 2 is 0.897 bits per heavy atom. The second kappa shape index (κ2) is 12.9. The first-order valence-electron chi connectivity index (χ1n) is 22.0. The molecule has 0 saturated heterocycles. The third-order valence-electron chi connectivity index (χ3n) is 11.9. The van der Waals surface area contributed by atoms with Gasteiger partial charge in [-0.3, -0.25) is 0 Å². The number of benzene rings is 9. The smallest absolute Gasteiger partial charge is 0.0727 e. The SMILES string of the molecule is [2H]c1c([2H])c([2H])c(N(c2ccc3c(c2)C2(c4ccccc4-c4ccc(N(c5ccccc5)c5ccccc5)cc42)c2ccccc2-3)c2cccc3c2sc2ccccc23)c([2H])c1[2H]. The molecule has 2 aliphatic rings. The normalized spacial score (nSPS) is 15.8. The molecule has 58 heavy (non-hydrogen) atoms. The van der Waals surface area contributed by atoms with Crippen LogP contribution in [0.25, 0.3) is 42.4 Å². The van der Waals surface area contributed by atoms with E-state index in [4.69, 9.17) is 4.11 Å². The van der Waals surface area contributed by atoms with Crippen LogP contribution in [0.15, 0.2) is 218 Å². The highest BCUT2D eigenvalue weighted by Crippen LogP contribution is 2.64. The Balaban J connectivity index is 1.16. The van der Waals surface area contributed by atoms with Gasteiger partial charge in [0.05, 0.1) is 22.7 Å². The van der Waals surface area contributed by atoms with E-state index in [1.807, 2.05) is 47.4 Å². The number of fused-ring (bicyclic) bond motifs is 13. The van der Waals surface area contributed by atoms with Crippen LogP contribution in [0.5, 0.6) is 0 Å². The standard InChI is InChI=1S/C55H36N2S/c1-4-17-37(18-5-1)56(38-19-6-2-7-20-38)40-31-33-44-42-23-10-13-27-48(42)55(50(44)35-40)49-28-14-11-24-43(49)45-34-32-41(36-51(45)55)57(39-21-8-3-9-22-39)52-29-16-26-47-46-25-12-15-30-53(46)58-54(47)52/h1-36H/i3D,8D,9D,21D,22D. The molecule has 1 aromatic heterocycles. The highest BCUT2D eigenvalue weighted by atomic mass is 32.1. The van der Waals surface area contributed by atoms with Gasteiger partial charge in [-0.2, -0.15) is 0 Å². The highest BCUT2D eigenvalue weighted by molar-refractivity contribution is 7.26. The molecule has 1 spiro atoms. The minimum atomic E-state index is -0.752. The van der Waals surface area contributed by atoms with Crippen molar-refractivity contribution in [2.24, 2.45) is 0 Å². The molecule has 2 aliphatic carbocycles. The first kappa shape index (κ1) is 28.2. The molecule has 0 N–H and O–H groups in total. The van der Waals surface area contributed by atoms with Gasteiger partial charge in [-0.15, -0.1) is 11.3 Å². The largest absolute Gasteiger partial charge is 0.310 e. The number of thiophene rings is 1. The average molecular weight is 762 g/mol. The van der Waals surface area contributed by atoms with Crippen LogP contribution >= 0.6 is 11.3 Å². The van der Waals surface area contributed by atoms with Gasteiger partial charge in [0.1, 0.15) is 0 Å². The fourth-order valence-corrected chi connectivity index (χ4v) is 10.9. The van der Waals surface area contributed by atoms with Gasteiger partial charge in [-0.25, -0.2) is 0 Å². The Kier molecular flexibility index (Phi) is 6.29. The Morgan fingerprint density at radius 1 is 0.379 bits per heavy atom. The third kappa shape index (κ3) is 4.71. The lowest BCUT2D eigenvalue weighted by molar-refractivity contribution is 0.793. The number of nitrogens with zero attached hydrogens (tertiary/aromatic N) is 2. The number of para-hydroxylation sites is 3. The first-order valence-corrected chi connectivity index (χ1v) is 20.3. The van der Waals surface area contributed by atoms with Crippen LogP contribution in [0, 0.1) is 0 Å². The van der Waals surface area contributed by atoms with Gasteiger partial charge in [0, 0.05) is 43.9 Å². The van der Waals surface area contributed by atoms with Gasteiger partial charge < -0.3 is 9.80 Å². The lowest BCUT2D eigenvalue weighted by atomic mass is 9.70. The predicted molar refractivity (Wildman–Crippen MR) is 245 cm³/mol. The molecule has 1 heterocycles. The van der Waals surface area contributed by atoms with Gasteiger partial charge in [0.15, 0.2) is 0 Å². The molecule has 2 nitrogen and oxygen atoms in total. The van der Waals surface area contributed by atoms with Crippen LogP contribution in [0.4, 0.5) is 34.1 Å². The maximum Gasteiger partial charge on any atom is 0.0727 e. The molecule has 0 fully saturated rings. The van der Waals surface area contributed by atoms with Crippen molar-refractivity contribution in [2.75, 3.05) is 9.80 Å². The molecule has 1 atom stereocenters. The zero-order chi connectivity index (χ0) is 42.6. The van der Waals surface area contributed by atoms with E-state index in [-0.39, 0.29) is 29.9 Å². The first-order chi connectivity index (χ1) is 30.9. The van der Waals surface area contributed by atoms with Crippen LogP contribution in [0.1, 0.15) is 29.1 Å². The molecule has 0 aliphatic heterocycles. The summed E-state index contributed by atoms with van der Waals surface area (Å²) in [6.45, 7) is 0. The van der Waals surface area contributed by atoms with Crippen molar-refractivity contribution < 1.29 is 6.85 Å². The van der Waals surface area contributed by atoms with Gasteiger partial charge in [0.25, 0.3) is 0 Å². The fraction of sp³-hybridized carbons (Fsp3) is 0.0182. The van der Waals surface area contributed by atoms with Gasteiger partial charge in [-0.1, -0.05) is 146 Å². The lowest BCUT2D eigenvalue weighted by Crippen LogP contribution is -2.26. The fourth-order valence-electron chi connectivity index (χ4n) is 9.65. The van der Waals surface area contributed by atoms with Crippen molar-refractivity contribution in [1.82, 2.24) is 0 Å². The number of hydrogen-bond donors (Lipinski definition) is 0. The number of anilines is 6. The zero-order valence-corrected chi connectivity index (χ0v) is 32.0. The van der Waals surface area contributed by atoms with E-state index in [1.165, 1.54) is 11.1 Å². The molecule has 0 amide bonds. The summed E-state index contributed by atoms with van der Waals surface area (Å²) in [5.41, 5.74) is 13.0. The van der Waals surface area contributed by atoms with E-state index in [0.29, 0.717) is 5.69 Å². The maximum atomic E-state index is 9.38. The molecule has 0 saturated carbocycles. The van der Waals surface area contributed by atoms with Crippen molar-refractivity contribution in [3.05, 3.63) is 241 Å². The van der Waals surface area contributed by atoms with Crippen LogP contribution in [-0.2, 0) is 5.41 Å². The van der Waals surface area contributed by atoms with E-state index in [0.717, 1.165) is 76.3 Å². The highest BCUT2D eigenvalue weighted by Gasteiger charge is 2.52. The molecule has 0 radical (unpaired) electrons. The molecule has 9 aromatic carbocycles. The summed E-state index contributed by atoms with van der Waals surface area (Å²) in [7, 11) is 0. The molecule has 272 valence electrons. The maximum absolute atomic E-state index is 9.38. The van der Waals surface area contributed by atoms with Crippen molar-refractivity contribution in [3.63, 3.8) is 0 Å². The number of hydrogen-bond acceptors (Lipinski definition) is 3. The summed E-state index contributed by atoms with van der Waals surface area (Å²) in [6.07, 6.45) is 0. The predicted octanol–water partition coefficient (Wildman–Crippen LogP) is 15.3. The zero-order valence-electron chi connectivity index (χ0n) is 36.2. The Morgan fingerprint density at radius 3 is 1.53 bits per heavy atom. The van der Waals surface area contributed by atoms with Crippen molar-refractivity contribution in [2.45, 2.75) is 5.41 Å². The molecule has 1 unspecified atom stereocenters. The van der Waals surface area contributed by atoms with Crippen molar-refractivity contribution in [1.29, 1.82) is 0 Å². The van der Waals surface area contributed by atoms with E-state index in [2.05, 4.69) is 150 Å². The summed E-state index contributed by atoms with van der Waals surface area (Å²) in [5, 5.41) is 2.15. The molecular weight excluding hydrogens is 721 g/mol. The second-order valence-electron chi connectivity index (χ2n) is 14.9. The molecule has 0 bridgehead atoms. The summed E-state index contributed by atoms with van der Waals surface area (Å²) < 4.78 is 47.1. The van der Waals surface area contributed by atoms with Crippen LogP contribution in [0.2, 0.25) is 0 Å². The molecule has 10 aromatic rings. The summed E-state index contributed by atoms with van der Waals surface area (Å²) >= 11 is 1.65. The average Bonchev–Trinajstić information content (AvgIpc) is 3.96. The molecule has 3 heteroatoms. The summed E-state index contributed by atoms with van der Waals surface area (Å²) in [6, 6.07) is 64.3. The Hall–Kier alpha value is -7.20. The topological polar surface area (TPSA) is 6.48 Å². The van der Waals surface area contributed by atoms with Crippen LogP contribution in [-0.4, -0.2) is 0 Å². The molecular formula is C55H36N2S. The van der Waals surface area contributed by atoms with E-state index >= 15 is 0 Å². The van der Waals surface area contributed by atoms with Crippen LogP contribution in [0.3, 0.4) is 0 Å². The lowest BCUT2D eigenvalue weighted by Gasteiger charge is -2.33. The van der Waals surface area contributed by atoms with E-state index in [9.17, 15) is 2.74 Å². The summed E-state index contributed by atoms with van der Waals surface area (Å²) in [4.78, 5) is 4.21. The Labute approximate surface area is 349 Å². The molecule has 12 rings (SSSR count). The van der Waals surface area contributed by atoms with Gasteiger partial charge in [0.2, 0.25) is 0 Å². The monoisotopic (exact) mass is 761 g/mol. The quantitative estimate of drug-likeness (QED) is 0.166. The third-order valence-corrected chi connectivity index (χ3v) is 13.1. The number of rotatable bonds is 6. The van der Waals surface area contributed by atoms with Gasteiger partial charge in [-0.05, 0) is 117 Å². The minimum absolute atomic E-state index is 0.103. The van der Waals surface area contributed by atoms with Gasteiger partial charge >= 0.3 is 0 Å².